The van der Waals surface area contributed by atoms with Crippen LogP contribution in [0.25, 0.3) is 0 Å². The van der Waals surface area contributed by atoms with Gasteiger partial charge in [0.25, 0.3) is 5.56 Å². The summed E-state index contributed by atoms with van der Waals surface area (Å²) in [5, 5.41) is 0. The standard InChI is InChI=1S/C21H29N3O4S/c1-2-3-6-15-29(27,28)23-17-11-9-16(10-12-17)13-14-24-19-8-5-4-7-18(19)20(25)22-21(24)26/h9-12,23H,2-8,13-15H2,1H3,(H,22,25,26). The van der Waals surface area contributed by atoms with Crippen molar-refractivity contribution in [2.45, 2.75) is 64.8 Å². The van der Waals surface area contributed by atoms with Gasteiger partial charge in [0.05, 0.1) is 5.75 Å². The molecule has 0 bridgehead atoms. The highest BCUT2D eigenvalue weighted by atomic mass is 32.2. The number of H-pyrrole nitrogens is 1. The van der Waals surface area contributed by atoms with Crippen molar-refractivity contribution >= 4 is 15.7 Å². The van der Waals surface area contributed by atoms with Gasteiger partial charge < -0.3 is 0 Å². The molecule has 1 aliphatic rings. The van der Waals surface area contributed by atoms with Crippen LogP contribution < -0.4 is 16.0 Å². The smallest absolute Gasteiger partial charge is 0.297 e. The number of nitrogens with one attached hydrogen (secondary N) is 2. The van der Waals surface area contributed by atoms with Crippen LogP contribution in [0, 0.1) is 0 Å². The van der Waals surface area contributed by atoms with Crippen LogP contribution in [0.4, 0.5) is 5.69 Å². The summed E-state index contributed by atoms with van der Waals surface area (Å²) in [6.07, 6.45) is 6.60. The van der Waals surface area contributed by atoms with Crippen molar-refractivity contribution in [2.75, 3.05) is 10.5 Å². The van der Waals surface area contributed by atoms with E-state index in [0.29, 0.717) is 25.1 Å². The first-order valence-electron chi connectivity index (χ1n) is 10.3. The van der Waals surface area contributed by atoms with E-state index in [-0.39, 0.29) is 17.0 Å². The van der Waals surface area contributed by atoms with Crippen LogP contribution in [0.5, 0.6) is 0 Å². The Morgan fingerprint density at radius 1 is 1.07 bits per heavy atom. The lowest BCUT2D eigenvalue weighted by Crippen LogP contribution is -2.37. The molecule has 0 atom stereocenters. The Labute approximate surface area is 171 Å². The summed E-state index contributed by atoms with van der Waals surface area (Å²) in [6, 6.07) is 7.23. The molecule has 2 aromatic rings. The highest BCUT2D eigenvalue weighted by molar-refractivity contribution is 7.92. The molecule has 158 valence electrons. The molecule has 1 heterocycles. The molecule has 1 aliphatic carbocycles. The highest BCUT2D eigenvalue weighted by Crippen LogP contribution is 2.17. The highest BCUT2D eigenvalue weighted by Gasteiger charge is 2.18. The number of anilines is 1. The second kappa shape index (κ2) is 9.43. The first kappa shape index (κ1) is 21.4. The van der Waals surface area contributed by atoms with Gasteiger partial charge in [0, 0.05) is 23.5 Å². The van der Waals surface area contributed by atoms with E-state index in [9.17, 15) is 18.0 Å². The minimum absolute atomic E-state index is 0.128. The second-order valence-corrected chi connectivity index (χ2v) is 9.46. The van der Waals surface area contributed by atoms with E-state index in [4.69, 9.17) is 0 Å². The van der Waals surface area contributed by atoms with Crippen LogP contribution in [0.1, 0.15) is 55.8 Å². The number of unbranched alkanes of at least 4 members (excludes halogenated alkanes) is 2. The van der Waals surface area contributed by atoms with E-state index < -0.39 is 10.0 Å². The topological polar surface area (TPSA) is 101 Å². The molecule has 1 aromatic carbocycles. The lowest BCUT2D eigenvalue weighted by atomic mass is 9.96. The minimum Gasteiger partial charge on any atom is -0.297 e. The monoisotopic (exact) mass is 419 g/mol. The number of aryl methyl sites for hydroxylation is 1. The Balaban J connectivity index is 1.66. The van der Waals surface area contributed by atoms with E-state index in [2.05, 4.69) is 9.71 Å². The van der Waals surface area contributed by atoms with Gasteiger partial charge in [-0.2, -0.15) is 0 Å². The molecule has 0 radical (unpaired) electrons. The van der Waals surface area contributed by atoms with Crippen molar-refractivity contribution < 1.29 is 8.42 Å². The van der Waals surface area contributed by atoms with Crippen LogP contribution in [0.15, 0.2) is 33.9 Å². The number of aromatic nitrogens is 2. The number of rotatable bonds is 9. The molecule has 0 unspecified atom stereocenters. The molecule has 0 amide bonds. The third kappa shape index (κ3) is 5.59. The zero-order valence-corrected chi connectivity index (χ0v) is 17.7. The van der Waals surface area contributed by atoms with Gasteiger partial charge in [-0.15, -0.1) is 0 Å². The van der Waals surface area contributed by atoms with Crippen molar-refractivity contribution in [1.29, 1.82) is 0 Å². The molecular formula is C21H29N3O4S. The predicted octanol–water partition coefficient (Wildman–Crippen LogP) is 2.59. The summed E-state index contributed by atoms with van der Waals surface area (Å²) in [4.78, 5) is 26.7. The third-order valence-electron chi connectivity index (χ3n) is 5.37. The van der Waals surface area contributed by atoms with Gasteiger partial charge in [0.15, 0.2) is 0 Å². The predicted molar refractivity (Wildman–Crippen MR) is 115 cm³/mol. The van der Waals surface area contributed by atoms with Crippen LogP contribution in [-0.2, 0) is 35.8 Å². The maximum absolute atomic E-state index is 12.3. The average Bonchev–Trinajstić information content (AvgIpc) is 2.69. The first-order valence-corrected chi connectivity index (χ1v) is 12.0. The summed E-state index contributed by atoms with van der Waals surface area (Å²) < 4.78 is 28.5. The van der Waals surface area contributed by atoms with Gasteiger partial charge in [-0.05, 0) is 56.2 Å². The third-order valence-corrected chi connectivity index (χ3v) is 6.75. The average molecular weight is 420 g/mol. The normalized spacial score (nSPS) is 13.8. The van der Waals surface area contributed by atoms with Crippen LogP contribution in [0.2, 0.25) is 0 Å². The summed E-state index contributed by atoms with van der Waals surface area (Å²) in [6.45, 7) is 2.52. The summed E-state index contributed by atoms with van der Waals surface area (Å²) in [5.41, 5.74) is 2.54. The van der Waals surface area contributed by atoms with Gasteiger partial charge in [0.1, 0.15) is 0 Å². The van der Waals surface area contributed by atoms with Gasteiger partial charge in [-0.1, -0.05) is 31.9 Å². The molecule has 3 rings (SSSR count). The molecule has 1 aromatic heterocycles. The lowest BCUT2D eigenvalue weighted by molar-refractivity contribution is 0.552. The van der Waals surface area contributed by atoms with Crippen LogP contribution >= 0.6 is 0 Å². The minimum atomic E-state index is -3.32. The Hall–Kier alpha value is -2.35. The van der Waals surface area contributed by atoms with E-state index in [1.807, 2.05) is 19.1 Å². The SMILES string of the molecule is CCCCCS(=O)(=O)Nc1ccc(CCn2c3c(c(=O)[nH]c2=O)CCCC3)cc1. The molecule has 0 saturated heterocycles. The molecule has 29 heavy (non-hydrogen) atoms. The van der Waals surface area contributed by atoms with Gasteiger partial charge in [-0.25, -0.2) is 13.2 Å². The zero-order chi connectivity index (χ0) is 20.9. The first-order chi connectivity index (χ1) is 13.9. The molecule has 2 N–H and O–H groups in total. The fourth-order valence-corrected chi connectivity index (χ4v) is 4.97. The second-order valence-electron chi connectivity index (χ2n) is 7.62. The van der Waals surface area contributed by atoms with Crippen molar-refractivity contribution in [2.24, 2.45) is 0 Å². The quantitative estimate of drug-likeness (QED) is 0.610. The molecule has 0 saturated carbocycles. The molecule has 7 nitrogen and oxygen atoms in total. The Morgan fingerprint density at radius 2 is 1.79 bits per heavy atom. The lowest BCUT2D eigenvalue weighted by Gasteiger charge is -2.19. The van der Waals surface area contributed by atoms with E-state index in [1.165, 1.54) is 0 Å². The van der Waals surface area contributed by atoms with Gasteiger partial charge in [-0.3, -0.25) is 19.1 Å². The molecule has 8 heteroatoms. The number of nitrogens with zero attached hydrogens (tertiary/aromatic N) is 1. The maximum atomic E-state index is 12.3. The zero-order valence-electron chi connectivity index (χ0n) is 16.9. The van der Waals surface area contributed by atoms with E-state index in [1.54, 1.807) is 16.7 Å². The Bertz CT molecular complexity index is 1050. The molecule has 0 spiro atoms. The van der Waals surface area contributed by atoms with Gasteiger partial charge >= 0.3 is 5.69 Å². The summed E-state index contributed by atoms with van der Waals surface area (Å²) in [7, 11) is -3.32. The number of sulfonamides is 1. The molecule has 0 fully saturated rings. The summed E-state index contributed by atoms with van der Waals surface area (Å²) in [5.74, 6) is 0.128. The Kier molecular flexibility index (Phi) is 6.95. The van der Waals surface area contributed by atoms with E-state index in [0.717, 1.165) is 55.3 Å². The maximum Gasteiger partial charge on any atom is 0.328 e. The van der Waals surface area contributed by atoms with Crippen molar-refractivity contribution in [1.82, 2.24) is 9.55 Å². The fourth-order valence-electron chi connectivity index (χ4n) is 3.78. The number of aromatic amines is 1. The van der Waals surface area contributed by atoms with Crippen LogP contribution in [-0.4, -0.2) is 23.7 Å². The number of fused-ring (bicyclic) bond motifs is 1. The van der Waals surface area contributed by atoms with Gasteiger partial charge in [0.2, 0.25) is 10.0 Å². The largest absolute Gasteiger partial charge is 0.328 e. The fraction of sp³-hybridized carbons (Fsp3) is 0.524. The number of hydrogen-bond acceptors (Lipinski definition) is 4. The van der Waals surface area contributed by atoms with Crippen molar-refractivity contribution in [3.63, 3.8) is 0 Å². The van der Waals surface area contributed by atoms with Crippen molar-refractivity contribution in [3.8, 4) is 0 Å². The summed E-state index contributed by atoms with van der Waals surface area (Å²) >= 11 is 0. The van der Waals surface area contributed by atoms with E-state index >= 15 is 0 Å². The van der Waals surface area contributed by atoms with Crippen LogP contribution in [0.3, 0.4) is 0 Å². The number of hydrogen-bond donors (Lipinski definition) is 2. The molecule has 0 aliphatic heterocycles. The Morgan fingerprint density at radius 3 is 2.52 bits per heavy atom. The number of benzene rings is 1. The molecular weight excluding hydrogens is 390 g/mol. The van der Waals surface area contributed by atoms with Crippen molar-refractivity contribution in [3.05, 3.63) is 61.9 Å².